The maximum atomic E-state index is 13.1. The maximum absolute atomic E-state index is 13.1. The summed E-state index contributed by atoms with van der Waals surface area (Å²) in [6, 6.07) is 11.9. The van der Waals surface area contributed by atoms with Crippen LogP contribution in [0.15, 0.2) is 47.8 Å². The van der Waals surface area contributed by atoms with E-state index < -0.39 is 0 Å². The Morgan fingerprint density at radius 1 is 1.03 bits per heavy atom. The van der Waals surface area contributed by atoms with Gasteiger partial charge in [-0.25, -0.2) is 9.37 Å². The number of carbonyl (C=O) groups is 1. The molecule has 0 aliphatic carbocycles. The number of carbonyl (C=O) groups excluding carboxylic acids is 1. The van der Waals surface area contributed by atoms with E-state index in [-0.39, 0.29) is 11.7 Å². The van der Waals surface area contributed by atoms with Gasteiger partial charge >= 0.3 is 0 Å². The summed E-state index contributed by atoms with van der Waals surface area (Å²) < 4.78 is 23.7. The van der Waals surface area contributed by atoms with Gasteiger partial charge in [-0.15, -0.1) is 11.3 Å². The molecule has 1 saturated heterocycles. The Morgan fingerprint density at radius 3 is 2.42 bits per heavy atom. The van der Waals surface area contributed by atoms with E-state index in [4.69, 9.17) is 9.47 Å². The highest BCUT2D eigenvalue weighted by Gasteiger charge is 2.24. The summed E-state index contributed by atoms with van der Waals surface area (Å²) in [4.78, 5) is 21.3. The van der Waals surface area contributed by atoms with E-state index in [1.807, 2.05) is 12.1 Å². The lowest BCUT2D eigenvalue weighted by Crippen LogP contribution is -2.48. The Labute approximate surface area is 184 Å². The molecule has 0 atom stereocenters. The second-order valence-corrected chi connectivity index (χ2v) is 7.85. The molecule has 1 amide bonds. The maximum Gasteiger partial charge on any atom is 0.273 e. The van der Waals surface area contributed by atoms with Crippen molar-refractivity contribution in [3.8, 4) is 11.5 Å². The fourth-order valence-corrected chi connectivity index (χ4v) is 4.15. The lowest BCUT2D eigenvalue weighted by atomic mass is 10.2. The molecule has 2 aromatic carbocycles. The first-order valence-corrected chi connectivity index (χ1v) is 10.7. The molecule has 4 rings (SSSR count). The van der Waals surface area contributed by atoms with Crippen molar-refractivity contribution in [2.45, 2.75) is 0 Å². The highest BCUT2D eigenvalue weighted by atomic mass is 32.1. The Morgan fingerprint density at radius 2 is 1.74 bits per heavy atom. The highest BCUT2D eigenvalue weighted by molar-refractivity contribution is 7.14. The van der Waals surface area contributed by atoms with Crippen molar-refractivity contribution in [1.82, 2.24) is 9.88 Å². The number of halogens is 1. The molecule has 9 heteroatoms. The molecule has 31 heavy (non-hydrogen) atoms. The minimum Gasteiger partial charge on any atom is -0.493 e. The third-order valence-corrected chi connectivity index (χ3v) is 5.87. The summed E-state index contributed by atoms with van der Waals surface area (Å²) >= 11 is 1.37. The largest absolute Gasteiger partial charge is 0.493 e. The van der Waals surface area contributed by atoms with Crippen LogP contribution in [0.5, 0.6) is 11.5 Å². The number of amides is 1. The summed E-state index contributed by atoms with van der Waals surface area (Å²) in [6.45, 7) is 2.56. The van der Waals surface area contributed by atoms with Crippen LogP contribution in [0.1, 0.15) is 10.5 Å². The van der Waals surface area contributed by atoms with E-state index in [0.29, 0.717) is 48.5 Å². The lowest BCUT2D eigenvalue weighted by molar-refractivity contribution is 0.0742. The van der Waals surface area contributed by atoms with Crippen molar-refractivity contribution in [3.63, 3.8) is 0 Å². The number of anilines is 3. The van der Waals surface area contributed by atoms with Crippen LogP contribution in [0.25, 0.3) is 0 Å². The zero-order valence-electron chi connectivity index (χ0n) is 17.3. The molecule has 162 valence electrons. The van der Waals surface area contributed by atoms with Crippen molar-refractivity contribution in [2.24, 2.45) is 0 Å². The van der Waals surface area contributed by atoms with Gasteiger partial charge < -0.3 is 24.6 Å². The average Bonchev–Trinajstić information content (AvgIpc) is 3.27. The molecule has 7 nitrogen and oxygen atoms in total. The predicted octanol–water partition coefficient (Wildman–Crippen LogP) is 4.01. The minimum atomic E-state index is -0.251. The van der Waals surface area contributed by atoms with E-state index in [1.54, 1.807) is 42.7 Å². The first-order chi connectivity index (χ1) is 15.1. The van der Waals surface area contributed by atoms with Gasteiger partial charge in [-0.2, -0.15) is 0 Å². The number of hydrogen-bond acceptors (Lipinski definition) is 7. The molecule has 2 heterocycles. The molecule has 1 aliphatic heterocycles. The van der Waals surface area contributed by atoms with Crippen LogP contribution in [-0.2, 0) is 0 Å². The van der Waals surface area contributed by atoms with Gasteiger partial charge in [0.2, 0.25) is 0 Å². The molecule has 3 aromatic rings. The number of methoxy groups -OCH3 is 2. The molecule has 0 unspecified atom stereocenters. The molecule has 1 fully saturated rings. The van der Waals surface area contributed by atoms with Crippen LogP contribution in [0.3, 0.4) is 0 Å². The summed E-state index contributed by atoms with van der Waals surface area (Å²) in [7, 11) is 3.17. The molecule has 0 radical (unpaired) electrons. The fraction of sp³-hybridized carbons (Fsp3) is 0.273. The zero-order valence-corrected chi connectivity index (χ0v) is 18.1. The van der Waals surface area contributed by atoms with Crippen molar-refractivity contribution >= 4 is 33.8 Å². The zero-order chi connectivity index (χ0) is 21.8. The third-order valence-electron chi connectivity index (χ3n) is 5.12. The van der Waals surface area contributed by atoms with Crippen LogP contribution in [0.4, 0.5) is 20.9 Å². The monoisotopic (exact) mass is 442 g/mol. The number of nitrogens with zero attached hydrogens (tertiary/aromatic N) is 3. The van der Waals surface area contributed by atoms with Gasteiger partial charge in [0.1, 0.15) is 11.5 Å². The molecule has 1 N–H and O–H groups in total. The van der Waals surface area contributed by atoms with E-state index >= 15 is 0 Å². The Balaban J connectivity index is 1.37. The Bertz CT molecular complexity index is 1050. The standard InChI is InChI=1S/C22H23FN4O3S/c1-29-19-8-5-16(13-20(19)30-2)24-22-25-18(14-31-22)21(28)27-11-9-26(10-12-27)17-6-3-15(23)4-7-17/h3-8,13-14H,9-12H2,1-2H3,(H,24,25). The molecule has 0 saturated carbocycles. The van der Waals surface area contributed by atoms with Gasteiger partial charge in [-0.1, -0.05) is 0 Å². The molecular weight excluding hydrogens is 419 g/mol. The number of aromatic nitrogens is 1. The fourth-order valence-electron chi connectivity index (χ4n) is 3.45. The number of piperazine rings is 1. The van der Waals surface area contributed by atoms with E-state index in [0.717, 1.165) is 11.4 Å². The van der Waals surface area contributed by atoms with Gasteiger partial charge in [0.05, 0.1) is 14.2 Å². The SMILES string of the molecule is COc1ccc(Nc2nc(C(=O)N3CCN(c4ccc(F)cc4)CC3)cs2)cc1OC. The van der Waals surface area contributed by atoms with Gasteiger partial charge in [-0.3, -0.25) is 4.79 Å². The summed E-state index contributed by atoms with van der Waals surface area (Å²) in [6.07, 6.45) is 0. The number of ether oxygens (including phenoxy) is 2. The summed E-state index contributed by atoms with van der Waals surface area (Å²) in [5, 5.41) is 5.59. The van der Waals surface area contributed by atoms with E-state index in [9.17, 15) is 9.18 Å². The summed E-state index contributed by atoms with van der Waals surface area (Å²) in [5.74, 6) is 0.913. The van der Waals surface area contributed by atoms with Crippen LogP contribution in [0, 0.1) is 5.82 Å². The van der Waals surface area contributed by atoms with Gasteiger partial charge in [0.15, 0.2) is 16.6 Å². The molecule has 0 spiro atoms. The van der Waals surface area contributed by atoms with Crippen LogP contribution < -0.4 is 19.7 Å². The van der Waals surface area contributed by atoms with Crippen molar-refractivity contribution in [2.75, 3.05) is 50.6 Å². The Kier molecular flexibility index (Phi) is 6.22. The van der Waals surface area contributed by atoms with Crippen molar-refractivity contribution in [3.05, 3.63) is 59.4 Å². The number of rotatable bonds is 6. The third kappa shape index (κ3) is 4.72. The average molecular weight is 443 g/mol. The van der Waals surface area contributed by atoms with Crippen LogP contribution >= 0.6 is 11.3 Å². The summed E-state index contributed by atoms with van der Waals surface area (Å²) in [5.41, 5.74) is 2.17. The van der Waals surface area contributed by atoms with Crippen molar-refractivity contribution in [1.29, 1.82) is 0 Å². The normalized spacial score (nSPS) is 13.8. The Hall–Kier alpha value is -3.33. The predicted molar refractivity (Wildman–Crippen MR) is 119 cm³/mol. The quantitative estimate of drug-likeness (QED) is 0.622. The minimum absolute atomic E-state index is 0.0876. The molecular formula is C22H23FN4O3S. The molecule has 0 bridgehead atoms. The first kappa shape index (κ1) is 20.9. The number of nitrogens with one attached hydrogen (secondary N) is 1. The lowest BCUT2D eigenvalue weighted by Gasteiger charge is -2.35. The number of benzene rings is 2. The number of thiazole rings is 1. The van der Waals surface area contributed by atoms with Crippen molar-refractivity contribution < 1.29 is 18.7 Å². The van der Waals surface area contributed by atoms with Crippen LogP contribution in [0.2, 0.25) is 0 Å². The topological polar surface area (TPSA) is 66.9 Å². The van der Waals surface area contributed by atoms with Gasteiger partial charge in [-0.05, 0) is 36.4 Å². The smallest absolute Gasteiger partial charge is 0.273 e. The van der Waals surface area contributed by atoms with Crippen LogP contribution in [-0.4, -0.2) is 56.2 Å². The second-order valence-electron chi connectivity index (χ2n) is 6.99. The first-order valence-electron chi connectivity index (χ1n) is 9.82. The van der Waals surface area contributed by atoms with Gasteiger partial charge in [0, 0.05) is 49.0 Å². The molecule has 1 aromatic heterocycles. The number of hydrogen-bond donors (Lipinski definition) is 1. The van der Waals surface area contributed by atoms with E-state index in [2.05, 4.69) is 15.2 Å². The molecule has 1 aliphatic rings. The second kappa shape index (κ2) is 9.22. The van der Waals surface area contributed by atoms with E-state index in [1.165, 1.54) is 23.5 Å². The highest BCUT2D eigenvalue weighted by Crippen LogP contribution is 2.32. The van der Waals surface area contributed by atoms with Gasteiger partial charge in [0.25, 0.3) is 5.91 Å².